The molecule has 7 N–H and O–H groups in total. The third-order valence-electron chi connectivity index (χ3n) is 14.3. The summed E-state index contributed by atoms with van der Waals surface area (Å²) in [4.78, 5) is 71.1. The predicted molar refractivity (Wildman–Crippen MR) is 603 cm³/mol. The topological polar surface area (TPSA) is 316 Å². The number of esters is 6. The van der Waals surface area contributed by atoms with Crippen LogP contribution in [0.15, 0.2) is 194 Å². The second kappa shape index (κ2) is 210. The highest BCUT2D eigenvalue weighted by molar-refractivity contribution is 5.67. The van der Waals surface area contributed by atoms with Gasteiger partial charge < -0.3 is 69.0 Å². The van der Waals surface area contributed by atoms with Crippen LogP contribution in [0.1, 0.15) is 431 Å². The first-order valence-corrected chi connectivity index (χ1v) is 47.2. The first-order valence-electron chi connectivity index (χ1n) is 47.2. The van der Waals surface area contributed by atoms with Crippen LogP contribution in [0.3, 0.4) is 0 Å². The Labute approximate surface area is 845 Å². The second-order valence-electron chi connectivity index (χ2n) is 26.9. The number of carbonyl (C=O) groups is 7. The lowest BCUT2D eigenvalue weighted by atomic mass is 10.1. The second-order valence-corrected chi connectivity index (χ2v) is 26.9. The molecule has 1 atom stereocenters. The van der Waals surface area contributed by atoms with Crippen molar-refractivity contribution in [3.8, 4) is 0 Å². The number of aliphatic hydroxyl groups is 7. The van der Waals surface area contributed by atoms with Crippen LogP contribution in [0.5, 0.6) is 0 Å². The maximum Gasteiger partial charge on any atom is 0.302 e. The van der Waals surface area contributed by atoms with Gasteiger partial charge in [-0.15, -0.1) is 0 Å². The molecule has 0 spiro atoms. The first-order chi connectivity index (χ1) is 61.3. The summed E-state index contributed by atoms with van der Waals surface area (Å²) in [5.74, 6) is -1.34. The Morgan fingerprint density at radius 1 is 0.228 bits per heavy atom. The van der Waals surface area contributed by atoms with Crippen molar-refractivity contribution in [2.24, 2.45) is 0 Å². The van der Waals surface area contributed by atoms with Gasteiger partial charge in [0.1, 0.15) is 45.9 Å². The van der Waals surface area contributed by atoms with Crippen molar-refractivity contribution < 1.29 is 97.7 Å². The quantitative estimate of drug-likeness (QED) is 0.00978. The minimum absolute atomic E-state index is 0. The van der Waals surface area contributed by atoms with Crippen molar-refractivity contribution in [3.05, 3.63) is 194 Å². The number of allylic oxidation sites excluding steroid dienone is 20. The Bertz CT molecular complexity index is 2480. The fourth-order valence-corrected chi connectivity index (χ4v) is 7.48. The Morgan fingerprint density at radius 2 is 0.419 bits per heavy atom. The van der Waals surface area contributed by atoms with Crippen LogP contribution < -0.4 is 0 Å². The Morgan fingerprint density at radius 3 is 0.647 bits per heavy atom. The summed E-state index contributed by atoms with van der Waals surface area (Å²) >= 11 is 0. The maximum absolute atomic E-state index is 10.3. The SMILES string of the molecule is C.C.C.C.C.C.C.C.C.C/C=C/C/C=C\CO.C/C=C/C/C=C\COC(C)=O.CC/C=C\CO.CC/C=C\CO.CC/C=C\COC(C)=O.CC/C=C\COC(C)=O.CCC/C=C\CO.CCC/C=C\COC(C)=O.CCCC/C=C\CC=O.CCCC/C=C\CO.CCCC/C=C\CO.CCCC/C=C\COC(C)=O.CCCC/C=C\COC(C)=O.CCCCC/C=C\CCCC(O)CC. The average Bonchev–Trinajstić information content (AvgIpc) is 1.40. The number of hydrogen-bond acceptors (Lipinski definition) is 20. The molecule has 0 heterocycles. The molecule has 0 aromatic heterocycles. The van der Waals surface area contributed by atoms with Gasteiger partial charge in [0.2, 0.25) is 0 Å². The van der Waals surface area contributed by atoms with Gasteiger partial charge in [-0.05, 0) is 136 Å². The zero-order valence-corrected chi connectivity index (χ0v) is 84.6. The van der Waals surface area contributed by atoms with E-state index in [1.807, 2.05) is 188 Å². The molecule has 0 aromatic carbocycles. The van der Waals surface area contributed by atoms with Crippen LogP contribution >= 0.6 is 0 Å². The molecule has 0 aliphatic carbocycles. The third kappa shape index (κ3) is 324. The monoisotopic (exact) mass is 1950 g/mol. The zero-order chi connectivity index (χ0) is 99.1. The van der Waals surface area contributed by atoms with Crippen LogP contribution in [0.4, 0.5) is 0 Å². The molecule has 0 aromatic rings. The number of hydrogen-bond donors (Lipinski definition) is 7. The Hall–Kier alpha value is -7.95. The minimum Gasteiger partial charge on any atom is -0.462 e. The molecule has 0 fully saturated rings. The van der Waals surface area contributed by atoms with E-state index in [0.29, 0.717) is 46.1 Å². The Kier molecular flexibility index (Phi) is 289. The van der Waals surface area contributed by atoms with Gasteiger partial charge >= 0.3 is 35.8 Å². The molecule has 0 radical (unpaired) electrons. The van der Waals surface area contributed by atoms with Crippen molar-refractivity contribution in [3.63, 3.8) is 0 Å². The zero-order valence-electron chi connectivity index (χ0n) is 84.6. The van der Waals surface area contributed by atoms with Gasteiger partial charge in [0, 0.05) is 48.0 Å². The number of aldehydes is 1. The molecule has 0 saturated heterocycles. The molecule has 0 aliphatic rings. The average molecular weight is 1950 g/mol. The highest BCUT2D eigenvalue weighted by atomic mass is 16.5. The van der Waals surface area contributed by atoms with Crippen molar-refractivity contribution in [2.75, 3.05) is 79.3 Å². The lowest BCUT2D eigenvalue weighted by Gasteiger charge is -2.04. The molecule has 136 heavy (non-hydrogen) atoms. The van der Waals surface area contributed by atoms with E-state index in [1.54, 1.807) is 36.5 Å². The summed E-state index contributed by atoms with van der Waals surface area (Å²) < 4.78 is 28.0. The van der Waals surface area contributed by atoms with Gasteiger partial charge in [-0.25, -0.2) is 0 Å². The molecule has 1 unspecified atom stereocenters. The molecule has 0 aliphatic heterocycles. The van der Waals surface area contributed by atoms with E-state index < -0.39 is 0 Å². The van der Waals surface area contributed by atoms with E-state index in [4.69, 9.17) is 40.1 Å². The summed E-state index contributed by atoms with van der Waals surface area (Å²) in [6.45, 7) is 43.3. The summed E-state index contributed by atoms with van der Waals surface area (Å²) in [6.07, 6.45) is 101. The highest BCUT2D eigenvalue weighted by Gasteiger charge is 1.98. The van der Waals surface area contributed by atoms with Crippen molar-refractivity contribution in [1.29, 1.82) is 0 Å². The van der Waals surface area contributed by atoms with Crippen molar-refractivity contribution in [1.82, 2.24) is 0 Å². The van der Waals surface area contributed by atoms with Crippen molar-refractivity contribution >= 4 is 42.1 Å². The molecular weight excluding hydrogens is 1710 g/mol. The minimum atomic E-state index is -0.235. The molecule has 20 nitrogen and oxygen atoms in total. The lowest BCUT2D eigenvalue weighted by molar-refractivity contribution is -0.140. The van der Waals surface area contributed by atoms with Gasteiger partial charge in [0.25, 0.3) is 0 Å². The summed E-state index contributed by atoms with van der Waals surface area (Å²) in [6, 6.07) is 0. The predicted octanol–water partition coefficient (Wildman–Crippen LogP) is 31.9. The molecule has 0 saturated carbocycles. The smallest absolute Gasteiger partial charge is 0.302 e. The number of unbranched alkanes of at least 4 members (excludes halogenated alkanes) is 16. The maximum atomic E-state index is 10.3. The van der Waals surface area contributed by atoms with Gasteiger partial charge in [-0.1, -0.05) is 441 Å². The van der Waals surface area contributed by atoms with E-state index >= 15 is 0 Å². The number of carbonyl (C=O) groups excluding carboxylic acids is 7. The number of rotatable bonds is 56. The normalized spacial score (nSPS) is 10.1. The largest absolute Gasteiger partial charge is 0.462 e. The van der Waals surface area contributed by atoms with Gasteiger partial charge in [0.05, 0.1) is 45.7 Å². The number of ether oxygens (including phenoxy) is 6. The van der Waals surface area contributed by atoms with E-state index in [0.717, 1.165) is 128 Å². The molecule has 0 rings (SSSR count). The van der Waals surface area contributed by atoms with E-state index in [9.17, 15) is 38.7 Å². The molecular formula is C116H232O20. The Balaban J connectivity index is -0.0000000481. The van der Waals surface area contributed by atoms with E-state index in [2.05, 4.69) is 92.6 Å². The fourth-order valence-electron chi connectivity index (χ4n) is 7.48. The standard InChI is InChI=1S/C13H26O.2C9H16O2.C9H14O2.C8H14O2.C8H14O.2C7H12O2.2C7H14O.C7H12O.C6H12O.2C5H10O.9CH4/c1-3-5-6-7-8-9-10-11-12-13(14)4-2;3*1-3-4-5-6-7-8-11-9(2)10;1-3-4-5-6-7-10-8(2)9;1-2-3-4-5-6-7-8-9;2*1-3-4-5-6-9-7(2)8;3*1-2-3-4-5-6-7-8;1-2-3-4-5-6-7;2*1-2-3-4-5-6;;;;;;;;;/h8-9,13-14H,3-7,10-12H2,1-2H3;2*6-7H,3-5,8H2,1-2H3;3-4,6-7H,5,8H2,1-2H3;5-6H,3-4,7H2,1-2H3;5-6,8H,2-4,7H2,1H3;2*4-5H,3,6H2,1-2H3;2*5-6,8H,2-4,7H2,1H3;2-3,5-6,8H,4,7H2,1H3;4-5,7H,2-3,6H2,1H3;2*3-4,6H,2,5H2,1H3;9*1H4/b9-8-;2*7-6-;4-3+,7-6-;2*6-5-;2*5-4-;2*6-5-;3-2+,6-5-;5-4-;2*4-3-;;;;;;;;;. The van der Waals surface area contributed by atoms with E-state index in [1.165, 1.54) is 131 Å². The molecule has 0 amide bonds. The summed E-state index contributed by atoms with van der Waals surface area (Å²) in [5, 5.41) is 58.5. The lowest BCUT2D eigenvalue weighted by Crippen LogP contribution is -2.02. The summed E-state index contributed by atoms with van der Waals surface area (Å²) in [7, 11) is 0. The van der Waals surface area contributed by atoms with Crippen LogP contribution in [0.25, 0.3) is 0 Å². The van der Waals surface area contributed by atoms with Crippen LogP contribution in [-0.2, 0) is 62.0 Å². The van der Waals surface area contributed by atoms with Crippen LogP contribution in [0, 0.1) is 0 Å². The van der Waals surface area contributed by atoms with E-state index in [-0.39, 0.29) is 148 Å². The fraction of sp³-hybridized carbons (Fsp3) is 0.664. The number of aliphatic hydroxyl groups excluding tert-OH is 7. The van der Waals surface area contributed by atoms with Gasteiger partial charge in [0.15, 0.2) is 0 Å². The van der Waals surface area contributed by atoms with Crippen LogP contribution in [-0.4, -0.2) is 163 Å². The summed E-state index contributed by atoms with van der Waals surface area (Å²) in [5.41, 5.74) is 0. The van der Waals surface area contributed by atoms with Gasteiger partial charge in [-0.3, -0.25) is 28.8 Å². The molecule has 20 heteroatoms. The van der Waals surface area contributed by atoms with Crippen LogP contribution in [0.2, 0.25) is 0 Å². The molecule has 816 valence electrons. The highest BCUT2D eigenvalue weighted by Crippen LogP contribution is 2.07. The third-order valence-corrected chi connectivity index (χ3v) is 14.3. The molecule has 0 bridgehead atoms. The first kappa shape index (κ1) is 187. The van der Waals surface area contributed by atoms with Gasteiger partial charge in [-0.2, -0.15) is 0 Å². The van der Waals surface area contributed by atoms with Crippen molar-refractivity contribution in [2.45, 2.75) is 437 Å².